The fourth-order valence-corrected chi connectivity index (χ4v) is 4.51. The van der Waals surface area contributed by atoms with Gasteiger partial charge in [-0.15, -0.1) is 10.2 Å². The van der Waals surface area contributed by atoms with E-state index in [1.165, 1.54) is 12.1 Å². The summed E-state index contributed by atoms with van der Waals surface area (Å²) in [6.07, 6.45) is -2.91. The predicted octanol–water partition coefficient (Wildman–Crippen LogP) is 5.68. The molecule has 0 spiro atoms. The van der Waals surface area contributed by atoms with E-state index in [0.29, 0.717) is 13.1 Å². The fraction of sp³-hybridized carbons (Fsp3) is 0.250. The third kappa shape index (κ3) is 5.55. The number of aromatic nitrogens is 2. The largest absolute Gasteiger partial charge is 0.415 e. The number of alkyl halides is 2. The number of nitrogens with one attached hydrogen (secondary N) is 1. The van der Waals surface area contributed by atoms with Crippen LogP contribution in [0.2, 0.25) is 0 Å². The molecule has 1 aromatic heterocycles. The van der Waals surface area contributed by atoms with Crippen molar-refractivity contribution in [3.05, 3.63) is 95.6 Å². The van der Waals surface area contributed by atoms with E-state index < -0.39 is 18.1 Å². The molecule has 0 radical (unpaired) electrons. The molecule has 0 saturated carbocycles. The van der Waals surface area contributed by atoms with Crippen molar-refractivity contribution in [2.24, 2.45) is 0 Å². The maximum atomic E-state index is 14.8. The SMILES string of the molecule is CN1CCN(C(=O)NCc2ccc(-c3nnc(C(F)F)o3)cc2F)C(c2ccc(-c3ccccc3)cc2)C1. The quantitative estimate of drug-likeness (QED) is 0.354. The Morgan fingerprint density at radius 1 is 1.00 bits per heavy atom. The lowest BCUT2D eigenvalue weighted by molar-refractivity contribution is 0.108. The minimum atomic E-state index is -2.91. The van der Waals surface area contributed by atoms with Crippen molar-refractivity contribution in [3.63, 3.8) is 0 Å². The maximum Gasteiger partial charge on any atom is 0.318 e. The number of nitrogens with zero attached hydrogens (tertiary/aromatic N) is 4. The van der Waals surface area contributed by atoms with E-state index >= 15 is 0 Å². The molecule has 3 aromatic carbocycles. The van der Waals surface area contributed by atoms with Crippen LogP contribution in [0.25, 0.3) is 22.6 Å². The number of hydrogen-bond acceptors (Lipinski definition) is 5. The minimum Gasteiger partial charge on any atom is -0.415 e. The van der Waals surface area contributed by atoms with Crippen molar-refractivity contribution in [2.75, 3.05) is 26.7 Å². The number of carbonyl (C=O) groups excluding carboxylic acids is 1. The molecule has 1 atom stereocenters. The van der Waals surface area contributed by atoms with Crippen LogP contribution < -0.4 is 5.32 Å². The van der Waals surface area contributed by atoms with E-state index in [-0.39, 0.29) is 35.6 Å². The summed E-state index contributed by atoms with van der Waals surface area (Å²) in [5.74, 6) is -1.65. The monoisotopic (exact) mass is 521 g/mol. The normalized spacial score (nSPS) is 16.1. The molecule has 1 unspecified atom stereocenters. The number of piperazine rings is 1. The average Bonchev–Trinajstić information content (AvgIpc) is 3.44. The van der Waals surface area contributed by atoms with Crippen LogP contribution >= 0.6 is 0 Å². The standard InChI is InChI=1S/C28H26F3N5O2/c1-35-13-14-36(24(17-35)20-9-7-19(8-10-20)18-5-3-2-4-6-18)28(37)32-16-22-12-11-21(15-23(22)29)26-33-34-27(38-26)25(30)31/h2-12,15,24-25H,13-14,16-17H2,1H3,(H,32,37). The van der Waals surface area contributed by atoms with E-state index in [1.54, 1.807) is 4.90 Å². The molecule has 0 aliphatic carbocycles. The molecule has 1 aliphatic heterocycles. The number of carbonyl (C=O) groups is 1. The third-order valence-electron chi connectivity index (χ3n) is 6.60. The zero-order chi connectivity index (χ0) is 26.6. The smallest absolute Gasteiger partial charge is 0.318 e. The summed E-state index contributed by atoms with van der Waals surface area (Å²) in [6, 6.07) is 21.9. The average molecular weight is 522 g/mol. The Balaban J connectivity index is 1.27. The van der Waals surface area contributed by atoms with Gasteiger partial charge in [-0.2, -0.15) is 8.78 Å². The van der Waals surface area contributed by atoms with E-state index in [1.807, 2.05) is 37.4 Å². The number of urea groups is 1. The topological polar surface area (TPSA) is 74.5 Å². The summed E-state index contributed by atoms with van der Waals surface area (Å²) in [4.78, 5) is 17.1. The van der Waals surface area contributed by atoms with Gasteiger partial charge in [-0.05, 0) is 35.9 Å². The number of halogens is 3. The van der Waals surface area contributed by atoms with Crippen molar-refractivity contribution in [1.29, 1.82) is 0 Å². The molecule has 1 aliphatic rings. The van der Waals surface area contributed by atoms with Crippen molar-refractivity contribution >= 4 is 6.03 Å². The number of likely N-dealkylation sites (N-methyl/N-ethyl adjacent to an activating group) is 1. The van der Waals surface area contributed by atoms with Crippen LogP contribution in [0, 0.1) is 5.82 Å². The van der Waals surface area contributed by atoms with E-state index in [2.05, 4.69) is 44.7 Å². The molecule has 5 rings (SSSR count). The molecule has 38 heavy (non-hydrogen) atoms. The Kier molecular flexibility index (Phi) is 7.41. The molecule has 7 nitrogen and oxygen atoms in total. The highest BCUT2D eigenvalue weighted by molar-refractivity contribution is 5.75. The summed E-state index contributed by atoms with van der Waals surface area (Å²) in [6.45, 7) is 1.88. The molecule has 2 heterocycles. The van der Waals surface area contributed by atoms with Crippen LogP contribution in [0.5, 0.6) is 0 Å². The minimum absolute atomic E-state index is 0.0386. The molecule has 1 saturated heterocycles. The van der Waals surface area contributed by atoms with E-state index in [9.17, 15) is 18.0 Å². The second kappa shape index (κ2) is 11.1. The number of amides is 2. The van der Waals surface area contributed by atoms with Gasteiger partial charge in [0, 0.05) is 37.3 Å². The van der Waals surface area contributed by atoms with Gasteiger partial charge in [-0.25, -0.2) is 9.18 Å². The second-order valence-electron chi connectivity index (χ2n) is 9.17. The molecular weight excluding hydrogens is 495 g/mol. The first-order valence-corrected chi connectivity index (χ1v) is 12.2. The highest BCUT2D eigenvalue weighted by atomic mass is 19.3. The lowest BCUT2D eigenvalue weighted by Crippen LogP contribution is -2.52. The summed E-state index contributed by atoms with van der Waals surface area (Å²) >= 11 is 0. The van der Waals surface area contributed by atoms with Gasteiger partial charge in [0.1, 0.15) is 5.82 Å². The Morgan fingerprint density at radius 2 is 1.71 bits per heavy atom. The van der Waals surface area contributed by atoms with Gasteiger partial charge in [0.15, 0.2) is 0 Å². The molecule has 10 heteroatoms. The molecular formula is C28H26F3N5O2. The van der Waals surface area contributed by atoms with Crippen molar-refractivity contribution in [3.8, 4) is 22.6 Å². The van der Waals surface area contributed by atoms with Gasteiger partial charge in [-0.3, -0.25) is 0 Å². The molecule has 196 valence electrons. The molecule has 4 aromatic rings. The molecule has 0 bridgehead atoms. The van der Waals surface area contributed by atoms with E-state index in [0.717, 1.165) is 29.3 Å². The highest BCUT2D eigenvalue weighted by Gasteiger charge is 2.30. The Bertz CT molecular complexity index is 1400. The fourth-order valence-electron chi connectivity index (χ4n) is 4.51. The molecule has 1 fully saturated rings. The van der Waals surface area contributed by atoms with Gasteiger partial charge in [0.05, 0.1) is 6.04 Å². The van der Waals surface area contributed by atoms with Gasteiger partial charge in [0.2, 0.25) is 5.89 Å². The zero-order valence-electron chi connectivity index (χ0n) is 20.7. The Labute approximate surface area is 217 Å². The van der Waals surface area contributed by atoms with Crippen LogP contribution in [0.1, 0.15) is 29.5 Å². The number of hydrogen-bond donors (Lipinski definition) is 1. The van der Waals surface area contributed by atoms with Crippen LogP contribution in [0.15, 0.2) is 77.2 Å². The lowest BCUT2D eigenvalue weighted by atomic mass is 9.98. The van der Waals surface area contributed by atoms with Crippen molar-refractivity contribution < 1.29 is 22.4 Å². The summed E-state index contributed by atoms with van der Waals surface area (Å²) in [5, 5.41) is 9.61. The van der Waals surface area contributed by atoms with Gasteiger partial charge in [0.25, 0.3) is 5.89 Å². The second-order valence-corrected chi connectivity index (χ2v) is 9.17. The van der Waals surface area contributed by atoms with Gasteiger partial charge >= 0.3 is 12.5 Å². The molecule has 2 amide bonds. The summed E-state index contributed by atoms with van der Waals surface area (Å²) < 4.78 is 45.0. The van der Waals surface area contributed by atoms with Crippen molar-refractivity contribution in [1.82, 2.24) is 25.3 Å². The molecule has 1 N–H and O–H groups in total. The predicted molar refractivity (Wildman–Crippen MR) is 136 cm³/mol. The number of benzene rings is 3. The first kappa shape index (κ1) is 25.5. The van der Waals surface area contributed by atoms with Crippen LogP contribution in [0.4, 0.5) is 18.0 Å². The van der Waals surface area contributed by atoms with Crippen molar-refractivity contribution in [2.45, 2.75) is 19.0 Å². The highest BCUT2D eigenvalue weighted by Crippen LogP contribution is 2.28. The first-order valence-electron chi connectivity index (χ1n) is 12.2. The summed E-state index contributed by atoms with van der Waals surface area (Å²) in [5.41, 5.74) is 3.66. The summed E-state index contributed by atoms with van der Waals surface area (Å²) in [7, 11) is 2.02. The van der Waals surface area contributed by atoms with Gasteiger partial charge in [-0.1, -0.05) is 60.7 Å². The van der Waals surface area contributed by atoms with Crippen LogP contribution in [-0.2, 0) is 6.54 Å². The van der Waals surface area contributed by atoms with E-state index in [4.69, 9.17) is 4.42 Å². The first-order chi connectivity index (χ1) is 18.4. The third-order valence-corrected chi connectivity index (χ3v) is 6.60. The number of rotatable bonds is 6. The Hall–Kier alpha value is -4.18. The lowest BCUT2D eigenvalue weighted by Gasteiger charge is -2.40. The van der Waals surface area contributed by atoms with Crippen LogP contribution in [0.3, 0.4) is 0 Å². The van der Waals surface area contributed by atoms with Gasteiger partial charge < -0.3 is 19.5 Å². The maximum absolute atomic E-state index is 14.8. The van der Waals surface area contributed by atoms with Crippen LogP contribution in [-0.4, -0.2) is 52.7 Å². The Morgan fingerprint density at radius 3 is 2.39 bits per heavy atom. The zero-order valence-corrected chi connectivity index (χ0v) is 20.7.